The molecule has 218 valence electrons. The van der Waals surface area contributed by atoms with Gasteiger partial charge in [-0.2, -0.15) is 13.2 Å². The number of hydrogen-bond donors (Lipinski definition) is 3. The smallest absolute Gasteiger partial charge is 0.394 e. The van der Waals surface area contributed by atoms with Crippen LogP contribution in [-0.2, 0) is 12.6 Å². The van der Waals surface area contributed by atoms with Crippen molar-refractivity contribution >= 4 is 42.8 Å². The maximum absolute atomic E-state index is 13.7. The summed E-state index contributed by atoms with van der Waals surface area (Å²) in [4.78, 5) is 15.6. The summed E-state index contributed by atoms with van der Waals surface area (Å²) in [6.07, 6.45) is -3.08. The molecule has 2 unspecified atom stereocenters. The Morgan fingerprint density at radius 2 is 1.76 bits per heavy atom. The first-order chi connectivity index (χ1) is 19.3. The van der Waals surface area contributed by atoms with Crippen LogP contribution < -0.4 is 10.2 Å². The first-order valence-electron chi connectivity index (χ1n) is 13.1. The Hall–Kier alpha value is -2.92. The number of alkyl halides is 3. The minimum atomic E-state index is -4.60. The van der Waals surface area contributed by atoms with Gasteiger partial charge in [-0.3, -0.25) is 4.79 Å². The van der Waals surface area contributed by atoms with Crippen molar-refractivity contribution in [3.05, 3.63) is 106 Å². The zero-order valence-corrected chi connectivity index (χ0v) is 24.9. The zero-order valence-electron chi connectivity index (χ0n) is 23.3. The predicted molar refractivity (Wildman–Crippen MR) is 162 cm³/mol. The molecule has 0 saturated carbocycles. The molecule has 0 aromatic heterocycles. The average Bonchev–Trinajstić information content (AvgIpc) is 2.91. The quantitative estimate of drug-likeness (QED) is 0.138. The van der Waals surface area contributed by atoms with Gasteiger partial charge in [-0.1, -0.05) is 42.8 Å². The Balaban J connectivity index is 1.85. The van der Waals surface area contributed by atoms with Crippen molar-refractivity contribution in [3.63, 3.8) is 0 Å². The second-order valence-electron chi connectivity index (χ2n) is 9.84. The molecule has 0 spiro atoms. The van der Waals surface area contributed by atoms with Crippen LogP contribution in [-0.4, -0.2) is 42.0 Å². The molecule has 3 N–H and O–H groups in total. The number of amides is 1. The number of thioether (sulfide) groups is 1. The highest BCUT2D eigenvalue weighted by molar-refractivity contribution is 7.99. The number of allylic oxidation sites excluding steroid dienone is 2. The summed E-state index contributed by atoms with van der Waals surface area (Å²) >= 11 is 7.54. The highest BCUT2D eigenvalue weighted by Gasteiger charge is 2.35. The van der Waals surface area contributed by atoms with Crippen LogP contribution in [0.25, 0.3) is 0 Å². The summed E-state index contributed by atoms with van der Waals surface area (Å²) in [7, 11) is 1.53. The number of halogens is 4. The molecule has 0 bridgehead atoms. The van der Waals surface area contributed by atoms with Gasteiger partial charge in [0.25, 0.3) is 5.91 Å². The molecule has 0 aliphatic heterocycles. The normalized spacial score (nSPS) is 14.3. The first-order valence-corrected chi connectivity index (χ1v) is 14.4. The standard InChI is InChI=1S/C30H33BClF3N2O3S/c1-4-23(16-21-6-11-22(32)17-26(21)30(33,34)35)37(29(3,31)40)24-12-7-20(8-13-24)28(39)36-27(18-38)19-9-14-25(15-10-19)41-5-2/h4,6-15,17,27,38,40H,5,16,18,31H2,1-3H3,(H,36,39)/b23-4-. The summed E-state index contributed by atoms with van der Waals surface area (Å²) in [5.74, 6) is 0.533. The predicted octanol–water partition coefficient (Wildman–Crippen LogP) is 6.19. The maximum atomic E-state index is 13.7. The molecule has 0 fully saturated rings. The van der Waals surface area contributed by atoms with Crippen LogP contribution in [0.15, 0.2) is 83.4 Å². The van der Waals surface area contributed by atoms with E-state index in [2.05, 4.69) is 12.2 Å². The van der Waals surface area contributed by atoms with Crippen LogP contribution in [0.3, 0.4) is 0 Å². The Bertz CT molecular complexity index is 1360. The molecule has 2 atom stereocenters. The largest absolute Gasteiger partial charge is 0.416 e. The molecule has 1 amide bonds. The molecule has 41 heavy (non-hydrogen) atoms. The first kappa shape index (κ1) is 32.6. The number of carbonyl (C=O) groups excluding carboxylic acids is 1. The van der Waals surface area contributed by atoms with Gasteiger partial charge in [0.15, 0.2) is 7.85 Å². The molecule has 3 aromatic carbocycles. The molecule has 11 heteroatoms. The van der Waals surface area contributed by atoms with E-state index in [1.54, 1.807) is 49.0 Å². The van der Waals surface area contributed by atoms with Gasteiger partial charge in [0.2, 0.25) is 0 Å². The number of nitrogens with one attached hydrogen (secondary N) is 1. The van der Waals surface area contributed by atoms with E-state index in [1.165, 1.54) is 31.8 Å². The third-order valence-corrected chi connectivity index (χ3v) is 7.51. The number of aliphatic hydroxyl groups excluding tert-OH is 1. The Labute approximate surface area is 248 Å². The summed E-state index contributed by atoms with van der Waals surface area (Å²) < 4.78 is 41.2. The third-order valence-electron chi connectivity index (χ3n) is 6.39. The van der Waals surface area contributed by atoms with Crippen LogP contribution in [0.2, 0.25) is 5.02 Å². The van der Waals surface area contributed by atoms with E-state index in [0.29, 0.717) is 16.9 Å². The third kappa shape index (κ3) is 8.55. The molecule has 0 aliphatic carbocycles. The van der Waals surface area contributed by atoms with Gasteiger partial charge in [-0.05, 0) is 79.3 Å². The summed E-state index contributed by atoms with van der Waals surface area (Å²) in [5.41, 5.74) is -0.328. The van der Waals surface area contributed by atoms with Gasteiger partial charge in [-0.25, -0.2) is 0 Å². The highest BCUT2D eigenvalue weighted by Crippen LogP contribution is 2.36. The van der Waals surface area contributed by atoms with Crippen LogP contribution in [0.5, 0.6) is 0 Å². The second kappa shape index (κ2) is 13.8. The fourth-order valence-electron chi connectivity index (χ4n) is 4.51. The minimum absolute atomic E-state index is 0.0108. The average molecular weight is 605 g/mol. The van der Waals surface area contributed by atoms with E-state index in [-0.39, 0.29) is 23.6 Å². The minimum Gasteiger partial charge on any atom is -0.394 e. The van der Waals surface area contributed by atoms with E-state index in [9.17, 15) is 28.2 Å². The summed E-state index contributed by atoms with van der Waals surface area (Å²) in [6.45, 7) is 4.98. The lowest BCUT2D eigenvalue weighted by atomic mass is 9.88. The number of carbonyl (C=O) groups is 1. The molecule has 0 aliphatic rings. The molecule has 0 heterocycles. The van der Waals surface area contributed by atoms with Crippen LogP contribution in [0.4, 0.5) is 18.9 Å². The van der Waals surface area contributed by atoms with E-state index in [1.807, 2.05) is 24.3 Å². The lowest BCUT2D eigenvalue weighted by Crippen LogP contribution is -2.47. The van der Waals surface area contributed by atoms with Crippen molar-refractivity contribution in [2.75, 3.05) is 17.3 Å². The van der Waals surface area contributed by atoms with Gasteiger partial charge < -0.3 is 20.4 Å². The fourth-order valence-corrected chi connectivity index (χ4v) is 5.34. The van der Waals surface area contributed by atoms with Crippen LogP contribution >= 0.6 is 23.4 Å². The number of benzene rings is 3. The monoisotopic (exact) mass is 604 g/mol. The Morgan fingerprint density at radius 1 is 1.12 bits per heavy atom. The fraction of sp³-hybridized carbons (Fsp3) is 0.300. The lowest BCUT2D eigenvalue weighted by Gasteiger charge is -2.39. The van der Waals surface area contributed by atoms with Gasteiger partial charge in [0.05, 0.1) is 23.8 Å². The Kier molecular flexibility index (Phi) is 11.0. The zero-order chi connectivity index (χ0) is 30.4. The van der Waals surface area contributed by atoms with E-state index in [4.69, 9.17) is 11.6 Å². The number of anilines is 1. The Morgan fingerprint density at radius 3 is 2.27 bits per heavy atom. The molecule has 0 radical (unpaired) electrons. The van der Waals surface area contributed by atoms with E-state index >= 15 is 0 Å². The molecular weight excluding hydrogens is 572 g/mol. The molecule has 3 aromatic rings. The van der Waals surface area contributed by atoms with Crippen molar-refractivity contribution in [2.45, 2.75) is 49.9 Å². The lowest BCUT2D eigenvalue weighted by molar-refractivity contribution is -0.138. The molecule has 3 rings (SSSR count). The molecular formula is C30H33BClF3N2O3S. The number of rotatable bonds is 11. The highest BCUT2D eigenvalue weighted by atomic mass is 35.5. The topological polar surface area (TPSA) is 72.8 Å². The maximum Gasteiger partial charge on any atom is 0.416 e. The van der Waals surface area contributed by atoms with E-state index < -0.39 is 29.3 Å². The number of aliphatic hydroxyl groups is 2. The van der Waals surface area contributed by atoms with Crippen molar-refractivity contribution in [1.29, 1.82) is 0 Å². The van der Waals surface area contributed by atoms with Crippen LogP contribution in [0.1, 0.15) is 53.9 Å². The van der Waals surface area contributed by atoms with Gasteiger partial charge in [0, 0.05) is 33.3 Å². The SMILES string of the molecule is BC(C)(O)N(/C(=C\C)Cc1ccc(Cl)cc1C(F)(F)F)c1ccc(C(=O)NC(CO)c2ccc(SCC)cc2)cc1. The van der Waals surface area contributed by atoms with Gasteiger partial charge in [0.1, 0.15) is 0 Å². The summed E-state index contributed by atoms with van der Waals surface area (Å²) in [5, 5.41) is 23.7. The molecule has 5 nitrogen and oxygen atoms in total. The second-order valence-corrected chi connectivity index (χ2v) is 11.6. The van der Waals surface area contributed by atoms with Gasteiger partial charge >= 0.3 is 6.18 Å². The van der Waals surface area contributed by atoms with Gasteiger partial charge in [-0.15, -0.1) is 11.8 Å². The van der Waals surface area contributed by atoms with Crippen molar-refractivity contribution in [2.24, 2.45) is 0 Å². The van der Waals surface area contributed by atoms with Crippen molar-refractivity contribution in [3.8, 4) is 0 Å². The number of nitrogens with zero attached hydrogens (tertiary/aromatic N) is 1. The number of hydrogen-bond acceptors (Lipinski definition) is 5. The summed E-state index contributed by atoms with van der Waals surface area (Å²) in [6, 6.07) is 17.0. The van der Waals surface area contributed by atoms with Crippen LogP contribution in [0, 0.1) is 0 Å². The molecule has 0 saturated heterocycles. The van der Waals surface area contributed by atoms with Crippen molar-refractivity contribution in [1.82, 2.24) is 5.32 Å². The van der Waals surface area contributed by atoms with E-state index in [0.717, 1.165) is 22.3 Å². The van der Waals surface area contributed by atoms with Crippen molar-refractivity contribution < 1.29 is 28.2 Å².